The van der Waals surface area contributed by atoms with Crippen LogP contribution in [0, 0.1) is 0 Å². The number of ether oxygens (including phenoxy) is 1. The van der Waals surface area contributed by atoms with Crippen LogP contribution in [0.4, 0.5) is 0 Å². The lowest BCUT2D eigenvalue weighted by Crippen LogP contribution is -2.14. The van der Waals surface area contributed by atoms with Crippen molar-refractivity contribution in [1.29, 1.82) is 0 Å². The number of hydrogen-bond acceptors (Lipinski definition) is 4. The second-order valence-corrected chi connectivity index (χ2v) is 2.87. The Bertz CT molecular complexity index is 176. The third kappa shape index (κ3) is 6.31. The predicted molar refractivity (Wildman–Crippen MR) is 48.1 cm³/mol. The Labute approximate surface area is 77.8 Å². The summed E-state index contributed by atoms with van der Waals surface area (Å²) >= 11 is 0. The predicted octanol–water partition coefficient (Wildman–Crippen LogP) is 0.239. The molecule has 0 aromatic heterocycles. The Balaban J connectivity index is 3.44. The van der Waals surface area contributed by atoms with Crippen LogP contribution in [-0.4, -0.2) is 35.5 Å². The molecule has 0 amide bonds. The van der Waals surface area contributed by atoms with Crippen LogP contribution in [0.15, 0.2) is 12.2 Å². The van der Waals surface area contributed by atoms with Gasteiger partial charge in [-0.2, -0.15) is 0 Å². The molecule has 0 saturated carbocycles. The van der Waals surface area contributed by atoms with Gasteiger partial charge in [-0.3, -0.25) is 0 Å². The van der Waals surface area contributed by atoms with Crippen LogP contribution < -0.4 is 0 Å². The van der Waals surface area contributed by atoms with Crippen molar-refractivity contribution in [3.8, 4) is 0 Å². The summed E-state index contributed by atoms with van der Waals surface area (Å²) in [5.74, 6) is -0.448. The fourth-order valence-electron chi connectivity index (χ4n) is 0.704. The second-order valence-electron chi connectivity index (χ2n) is 2.87. The van der Waals surface area contributed by atoms with Crippen molar-refractivity contribution in [1.82, 2.24) is 0 Å². The van der Waals surface area contributed by atoms with E-state index in [0.29, 0.717) is 18.4 Å². The molecule has 0 bridgehead atoms. The molecule has 0 aromatic carbocycles. The minimum Gasteiger partial charge on any atom is -0.462 e. The third-order valence-corrected chi connectivity index (χ3v) is 1.50. The van der Waals surface area contributed by atoms with Crippen molar-refractivity contribution in [3.63, 3.8) is 0 Å². The number of aliphatic hydroxyl groups excluding tert-OH is 2. The highest BCUT2D eigenvalue weighted by Crippen LogP contribution is 1.99. The first-order chi connectivity index (χ1) is 6.07. The minimum atomic E-state index is -0.608. The van der Waals surface area contributed by atoms with Crippen LogP contribution in [0.25, 0.3) is 0 Å². The first-order valence-corrected chi connectivity index (χ1v) is 4.19. The lowest BCUT2D eigenvalue weighted by Gasteiger charge is -2.08. The number of aliphatic hydroxyl groups is 2. The van der Waals surface area contributed by atoms with Gasteiger partial charge in [0.05, 0.1) is 12.7 Å². The van der Waals surface area contributed by atoms with Gasteiger partial charge >= 0.3 is 5.97 Å². The number of rotatable bonds is 6. The standard InChI is InChI=1S/C9H16O4/c1-7(2)9(12)13-6-4-8(11)3-5-10/h8,10-11H,1,3-6H2,2H3. The van der Waals surface area contributed by atoms with Crippen molar-refractivity contribution in [2.75, 3.05) is 13.2 Å². The Morgan fingerprint density at radius 2 is 2.15 bits per heavy atom. The van der Waals surface area contributed by atoms with Gasteiger partial charge in [-0.05, 0) is 13.3 Å². The summed E-state index contributed by atoms with van der Waals surface area (Å²) in [5.41, 5.74) is 0.344. The summed E-state index contributed by atoms with van der Waals surface area (Å²) in [6.45, 7) is 5.07. The van der Waals surface area contributed by atoms with Gasteiger partial charge in [0.25, 0.3) is 0 Å². The SMILES string of the molecule is C=C(C)C(=O)OCCC(O)CCO. The van der Waals surface area contributed by atoms with E-state index in [-0.39, 0.29) is 13.2 Å². The smallest absolute Gasteiger partial charge is 0.333 e. The number of carbonyl (C=O) groups excluding carboxylic acids is 1. The van der Waals surface area contributed by atoms with Gasteiger partial charge in [-0.15, -0.1) is 0 Å². The molecule has 1 unspecified atom stereocenters. The molecule has 0 aliphatic carbocycles. The Morgan fingerprint density at radius 1 is 1.54 bits per heavy atom. The largest absolute Gasteiger partial charge is 0.462 e. The van der Waals surface area contributed by atoms with Crippen LogP contribution in [0.3, 0.4) is 0 Å². The van der Waals surface area contributed by atoms with E-state index in [0.717, 1.165) is 0 Å². The molecule has 0 aliphatic heterocycles. The van der Waals surface area contributed by atoms with E-state index in [1.165, 1.54) is 0 Å². The van der Waals surface area contributed by atoms with Crippen LogP contribution in [-0.2, 0) is 9.53 Å². The van der Waals surface area contributed by atoms with Crippen molar-refractivity contribution >= 4 is 5.97 Å². The number of hydrogen-bond donors (Lipinski definition) is 2. The molecule has 13 heavy (non-hydrogen) atoms. The Kier molecular flexibility index (Phi) is 6.18. The van der Waals surface area contributed by atoms with Crippen molar-refractivity contribution in [2.24, 2.45) is 0 Å². The van der Waals surface area contributed by atoms with E-state index < -0.39 is 12.1 Å². The molecule has 76 valence electrons. The number of carbonyl (C=O) groups is 1. The van der Waals surface area contributed by atoms with Crippen LogP contribution in [0.2, 0.25) is 0 Å². The zero-order valence-corrected chi connectivity index (χ0v) is 7.82. The zero-order valence-electron chi connectivity index (χ0n) is 7.82. The molecular weight excluding hydrogens is 172 g/mol. The molecule has 0 saturated heterocycles. The summed E-state index contributed by atoms with van der Waals surface area (Å²) in [6, 6.07) is 0. The molecule has 4 nitrogen and oxygen atoms in total. The van der Waals surface area contributed by atoms with E-state index >= 15 is 0 Å². The molecule has 0 fully saturated rings. The first kappa shape index (κ1) is 12.1. The molecule has 0 radical (unpaired) electrons. The minimum absolute atomic E-state index is 0.0599. The monoisotopic (exact) mass is 188 g/mol. The topological polar surface area (TPSA) is 66.8 Å². The molecule has 0 aromatic rings. The summed E-state index contributed by atoms with van der Waals surface area (Å²) < 4.78 is 4.74. The van der Waals surface area contributed by atoms with Crippen molar-refractivity contribution in [3.05, 3.63) is 12.2 Å². The van der Waals surface area contributed by atoms with E-state index in [4.69, 9.17) is 14.9 Å². The van der Waals surface area contributed by atoms with Gasteiger partial charge in [0, 0.05) is 18.6 Å². The van der Waals surface area contributed by atoms with Gasteiger partial charge < -0.3 is 14.9 Å². The maximum atomic E-state index is 10.8. The Hall–Kier alpha value is -0.870. The summed E-state index contributed by atoms with van der Waals surface area (Å²) in [6.07, 6.45) is 0.0485. The second kappa shape index (κ2) is 6.62. The lowest BCUT2D eigenvalue weighted by atomic mass is 10.2. The average Bonchev–Trinajstić information content (AvgIpc) is 2.04. The van der Waals surface area contributed by atoms with Gasteiger partial charge in [0.1, 0.15) is 0 Å². The number of esters is 1. The Morgan fingerprint density at radius 3 is 2.62 bits per heavy atom. The molecule has 0 aliphatic rings. The van der Waals surface area contributed by atoms with Gasteiger partial charge in [0.2, 0.25) is 0 Å². The molecule has 4 heteroatoms. The fraction of sp³-hybridized carbons (Fsp3) is 0.667. The maximum Gasteiger partial charge on any atom is 0.333 e. The van der Waals surface area contributed by atoms with Gasteiger partial charge in [-0.25, -0.2) is 4.79 Å². The van der Waals surface area contributed by atoms with Crippen LogP contribution in [0.1, 0.15) is 19.8 Å². The van der Waals surface area contributed by atoms with Gasteiger partial charge in [-0.1, -0.05) is 6.58 Å². The lowest BCUT2D eigenvalue weighted by molar-refractivity contribution is -0.139. The van der Waals surface area contributed by atoms with E-state index in [9.17, 15) is 4.79 Å². The van der Waals surface area contributed by atoms with Crippen LogP contribution in [0.5, 0.6) is 0 Å². The normalized spacial score (nSPS) is 12.2. The quantitative estimate of drug-likeness (QED) is 0.463. The third-order valence-electron chi connectivity index (χ3n) is 1.50. The molecule has 0 heterocycles. The summed E-state index contributed by atoms with van der Waals surface area (Å²) in [7, 11) is 0. The van der Waals surface area contributed by atoms with Crippen molar-refractivity contribution < 1.29 is 19.7 Å². The van der Waals surface area contributed by atoms with E-state index in [1.807, 2.05) is 0 Å². The zero-order chi connectivity index (χ0) is 10.3. The molecular formula is C9H16O4. The average molecular weight is 188 g/mol. The summed E-state index contributed by atoms with van der Waals surface area (Å²) in [5, 5.41) is 17.6. The fourth-order valence-corrected chi connectivity index (χ4v) is 0.704. The highest BCUT2D eigenvalue weighted by Gasteiger charge is 2.06. The first-order valence-electron chi connectivity index (χ1n) is 4.19. The maximum absolute atomic E-state index is 10.8. The van der Waals surface area contributed by atoms with Crippen LogP contribution >= 0.6 is 0 Å². The highest BCUT2D eigenvalue weighted by molar-refractivity contribution is 5.86. The highest BCUT2D eigenvalue weighted by atomic mass is 16.5. The molecule has 0 rings (SSSR count). The van der Waals surface area contributed by atoms with E-state index in [1.54, 1.807) is 6.92 Å². The van der Waals surface area contributed by atoms with E-state index in [2.05, 4.69) is 6.58 Å². The molecule has 2 N–H and O–H groups in total. The van der Waals surface area contributed by atoms with Crippen molar-refractivity contribution in [2.45, 2.75) is 25.9 Å². The van der Waals surface area contributed by atoms with Gasteiger partial charge in [0.15, 0.2) is 0 Å². The molecule has 1 atom stereocenters. The molecule has 0 spiro atoms. The summed E-state index contributed by atoms with van der Waals surface area (Å²) in [4.78, 5) is 10.8.